The number of anilines is 3. The van der Waals surface area contributed by atoms with Gasteiger partial charge in [-0.05, 0) is 55.7 Å². The van der Waals surface area contributed by atoms with Gasteiger partial charge in [0.1, 0.15) is 11.9 Å². The zero-order valence-corrected chi connectivity index (χ0v) is 12.1. The van der Waals surface area contributed by atoms with Crippen LogP contribution in [0.25, 0.3) is 0 Å². The maximum Gasteiger partial charge on any atom is 0.148 e. The summed E-state index contributed by atoms with van der Waals surface area (Å²) in [5.41, 5.74) is 3.74. The number of hydrogen-bond acceptors (Lipinski definition) is 4. The fraction of sp³-hybridized carbons (Fsp3) is 0.294. The van der Waals surface area contributed by atoms with Gasteiger partial charge in [0.15, 0.2) is 0 Å². The summed E-state index contributed by atoms with van der Waals surface area (Å²) in [5.74, 6) is 0.617. The molecule has 21 heavy (non-hydrogen) atoms. The molecular formula is C17H18N4. The molecule has 1 aliphatic rings. The fourth-order valence-corrected chi connectivity index (χ4v) is 2.66. The van der Waals surface area contributed by atoms with E-state index in [0.717, 1.165) is 24.3 Å². The van der Waals surface area contributed by atoms with Gasteiger partial charge < -0.3 is 10.2 Å². The number of hydrogen-bond donors (Lipinski definition) is 1. The van der Waals surface area contributed by atoms with E-state index in [9.17, 15) is 5.26 Å². The standard InChI is InChI=1S/C17H18N4/c1-13-8-9-19-17(16(13)12-18)20-14-4-6-15(7-5-14)21-10-2-3-11-21/h4-9H,2-3,10-11H2,1H3,(H,19,20). The molecule has 0 amide bonds. The minimum Gasteiger partial charge on any atom is -0.372 e. The van der Waals surface area contributed by atoms with Gasteiger partial charge in [0, 0.05) is 30.7 Å². The second-order valence-electron chi connectivity index (χ2n) is 5.33. The van der Waals surface area contributed by atoms with Crippen molar-refractivity contribution in [2.45, 2.75) is 19.8 Å². The van der Waals surface area contributed by atoms with E-state index in [-0.39, 0.29) is 0 Å². The molecule has 1 saturated heterocycles. The van der Waals surface area contributed by atoms with Crippen molar-refractivity contribution in [1.82, 2.24) is 4.98 Å². The van der Waals surface area contributed by atoms with E-state index in [0.29, 0.717) is 11.4 Å². The summed E-state index contributed by atoms with van der Waals surface area (Å²) in [6, 6.07) is 12.4. The van der Waals surface area contributed by atoms with Crippen LogP contribution in [0.3, 0.4) is 0 Å². The van der Waals surface area contributed by atoms with Crippen molar-refractivity contribution in [1.29, 1.82) is 5.26 Å². The summed E-state index contributed by atoms with van der Waals surface area (Å²) in [5, 5.41) is 12.5. The molecule has 106 valence electrons. The number of pyridine rings is 1. The van der Waals surface area contributed by atoms with Crippen LogP contribution >= 0.6 is 0 Å². The summed E-state index contributed by atoms with van der Waals surface area (Å²) < 4.78 is 0. The Kier molecular flexibility index (Phi) is 3.74. The summed E-state index contributed by atoms with van der Waals surface area (Å²) in [7, 11) is 0. The van der Waals surface area contributed by atoms with Gasteiger partial charge in [0.25, 0.3) is 0 Å². The third-order valence-electron chi connectivity index (χ3n) is 3.87. The highest BCUT2D eigenvalue weighted by atomic mass is 15.1. The molecule has 0 aliphatic carbocycles. The highest BCUT2D eigenvalue weighted by Crippen LogP contribution is 2.25. The first-order chi connectivity index (χ1) is 10.3. The monoisotopic (exact) mass is 278 g/mol. The lowest BCUT2D eigenvalue weighted by Crippen LogP contribution is -2.17. The molecule has 4 heteroatoms. The molecule has 2 heterocycles. The smallest absolute Gasteiger partial charge is 0.148 e. The van der Waals surface area contributed by atoms with Crippen LogP contribution < -0.4 is 10.2 Å². The number of aryl methyl sites for hydroxylation is 1. The quantitative estimate of drug-likeness (QED) is 0.932. The second-order valence-corrected chi connectivity index (χ2v) is 5.33. The molecule has 4 nitrogen and oxygen atoms in total. The molecule has 3 rings (SSSR count). The summed E-state index contributed by atoms with van der Waals surface area (Å²) >= 11 is 0. The van der Waals surface area contributed by atoms with Crippen molar-refractivity contribution in [3.63, 3.8) is 0 Å². The Labute approximate surface area is 125 Å². The van der Waals surface area contributed by atoms with Crippen LogP contribution in [0.5, 0.6) is 0 Å². The van der Waals surface area contributed by atoms with E-state index in [1.165, 1.54) is 18.5 Å². The average Bonchev–Trinajstić information content (AvgIpc) is 3.03. The Hall–Kier alpha value is -2.54. The van der Waals surface area contributed by atoms with E-state index < -0.39 is 0 Å². The second kappa shape index (κ2) is 5.84. The lowest BCUT2D eigenvalue weighted by Gasteiger charge is -2.18. The first-order valence-corrected chi connectivity index (χ1v) is 7.25. The van der Waals surface area contributed by atoms with Crippen molar-refractivity contribution in [2.24, 2.45) is 0 Å². The van der Waals surface area contributed by atoms with E-state index >= 15 is 0 Å². The molecule has 2 aromatic rings. The van der Waals surface area contributed by atoms with Crippen molar-refractivity contribution < 1.29 is 0 Å². The summed E-state index contributed by atoms with van der Waals surface area (Å²) in [4.78, 5) is 6.66. The molecule has 0 bridgehead atoms. The summed E-state index contributed by atoms with van der Waals surface area (Å²) in [6.07, 6.45) is 4.27. The predicted molar refractivity (Wildman–Crippen MR) is 84.9 cm³/mol. The van der Waals surface area contributed by atoms with E-state index in [1.54, 1.807) is 6.20 Å². The van der Waals surface area contributed by atoms with E-state index in [2.05, 4.69) is 33.4 Å². The zero-order chi connectivity index (χ0) is 14.7. The Morgan fingerprint density at radius 1 is 1.14 bits per heavy atom. The van der Waals surface area contributed by atoms with Gasteiger partial charge in [-0.3, -0.25) is 0 Å². The minimum absolute atomic E-state index is 0.598. The molecule has 0 atom stereocenters. The molecule has 0 spiro atoms. The highest BCUT2D eigenvalue weighted by molar-refractivity contribution is 5.66. The number of nitriles is 1. The van der Waals surface area contributed by atoms with Crippen LogP contribution in [0, 0.1) is 18.3 Å². The van der Waals surface area contributed by atoms with Gasteiger partial charge in [-0.2, -0.15) is 5.26 Å². The van der Waals surface area contributed by atoms with E-state index in [1.807, 2.05) is 25.1 Å². The molecule has 1 aromatic carbocycles. The van der Waals surface area contributed by atoms with Crippen LogP contribution in [0.1, 0.15) is 24.0 Å². The van der Waals surface area contributed by atoms with Gasteiger partial charge in [-0.25, -0.2) is 4.98 Å². The van der Waals surface area contributed by atoms with Crippen LogP contribution in [0.2, 0.25) is 0 Å². The van der Waals surface area contributed by atoms with Gasteiger partial charge in [0.05, 0.1) is 5.56 Å². The maximum absolute atomic E-state index is 9.23. The molecule has 1 N–H and O–H groups in total. The lowest BCUT2D eigenvalue weighted by molar-refractivity contribution is 0.949. The fourth-order valence-electron chi connectivity index (χ4n) is 2.66. The van der Waals surface area contributed by atoms with Crippen LogP contribution in [0.4, 0.5) is 17.2 Å². The van der Waals surface area contributed by atoms with Crippen molar-refractivity contribution >= 4 is 17.2 Å². The van der Waals surface area contributed by atoms with Crippen molar-refractivity contribution in [3.05, 3.63) is 47.7 Å². The van der Waals surface area contributed by atoms with Crippen LogP contribution in [-0.4, -0.2) is 18.1 Å². The van der Waals surface area contributed by atoms with Crippen LogP contribution in [-0.2, 0) is 0 Å². The number of nitrogens with zero attached hydrogens (tertiary/aromatic N) is 3. The number of nitrogens with one attached hydrogen (secondary N) is 1. The maximum atomic E-state index is 9.23. The number of benzene rings is 1. The van der Waals surface area contributed by atoms with Gasteiger partial charge in [-0.15, -0.1) is 0 Å². The number of aromatic nitrogens is 1. The molecule has 1 fully saturated rings. The number of rotatable bonds is 3. The predicted octanol–water partition coefficient (Wildman–Crippen LogP) is 3.61. The topological polar surface area (TPSA) is 52.0 Å². The van der Waals surface area contributed by atoms with Crippen molar-refractivity contribution in [2.75, 3.05) is 23.3 Å². The first-order valence-electron chi connectivity index (χ1n) is 7.25. The Morgan fingerprint density at radius 2 is 1.86 bits per heavy atom. The first kappa shape index (κ1) is 13.4. The molecular weight excluding hydrogens is 260 g/mol. The summed E-state index contributed by atoms with van der Waals surface area (Å²) in [6.45, 7) is 4.21. The SMILES string of the molecule is Cc1ccnc(Nc2ccc(N3CCCC3)cc2)c1C#N. The third-order valence-corrected chi connectivity index (χ3v) is 3.87. The molecule has 0 radical (unpaired) electrons. The lowest BCUT2D eigenvalue weighted by atomic mass is 10.1. The van der Waals surface area contributed by atoms with Gasteiger partial charge in [0.2, 0.25) is 0 Å². The minimum atomic E-state index is 0.598. The largest absolute Gasteiger partial charge is 0.372 e. The zero-order valence-electron chi connectivity index (χ0n) is 12.1. The molecule has 0 unspecified atom stereocenters. The molecule has 1 aromatic heterocycles. The van der Waals surface area contributed by atoms with Gasteiger partial charge >= 0.3 is 0 Å². The highest BCUT2D eigenvalue weighted by Gasteiger charge is 2.12. The Balaban J connectivity index is 1.79. The van der Waals surface area contributed by atoms with Crippen LogP contribution in [0.15, 0.2) is 36.5 Å². The Morgan fingerprint density at radius 3 is 2.52 bits per heavy atom. The van der Waals surface area contributed by atoms with Gasteiger partial charge in [-0.1, -0.05) is 0 Å². The molecule has 0 saturated carbocycles. The average molecular weight is 278 g/mol. The normalized spacial score (nSPS) is 14.0. The van der Waals surface area contributed by atoms with Crippen molar-refractivity contribution in [3.8, 4) is 6.07 Å². The van der Waals surface area contributed by atoms with E-state index in [4.69, 9.17) is 0 Å². The third kappa shape index (κ3) is 2.82. The molecule has 1 aliphatic heterocycles. The Bertz CT molecular complexity index is 664.